The standard InChI is InChI=1S/C7H12F5NO/c1-5(7(10,11)12)14-4-6(8,9)3-13-2/h5,13H,3-4H2,1-2H3. The highest BCUT2D eigenvalue weighted by atomic mass is 19.4. The molecule has 1 atom stereocenters. The summed E-state index contributed by atoms with van der Waals surface area (Å²) in [7, 11) is 1.28. The average molecular weight is 221 g/mol. The van der Waals surface area contributed by atoms with Crippen LogP contribution in [0.15, 0.2) is 0 Å². The molecule has 2 nitrogen and oxygen atoms in total. The van der Waals surface area contributed by atoms with Gasteiger partial charge >= 0.3 is 6.18 Å². The molecular formula is C7H12F5NO. The predicted molar refractivity (Wildman–Crippen MR) is 40.3 cm³/mol. The van der Waals surface area contributed by atoms with Crippen molar-refractivity contribution >= 4 is 0 Å². The number of hydrogen-bond donors (Lipinski definition) is 1. The van der Waals surface area contributed by atoms with Gasteiger partial charge in [0.05, 0.1) is 6.54 Å². The molecule has 0 aliphatic carbocycles. The predicted octanol–water partition coefficient (Wildman–Crippen LogP) is 1.81. The van der Waals surface area contributed by atoms with E-state index in [-0.39, 0.29) is 0 Å². The Hall–Kier alpha value is -0.430. The van der Waals surface area contributed by atoms with Gasteiger partial charge in [-0.1, -0.05) is 0 Å². The van der Waals surface area contributed by atoms with Crippen molar-refractivity contribution in [3.63, 3.8) is 0 Å². The lowest BCUT2D eigenvalue weighted by molar-refractivity contribution is -0.229. The quantitative estimate of drug-likeness (QED) is 0.715. The van der Waals surface area contributed by atoms with E-state index in [0.717, 1.165) is 0 Å². The van der Waals surface area contributed by atoms with Crippen LogP contribution in [0.5, 0.6) is 0 Å². The summed E-state index contributed by atoms with van der Waals surface area (Å²) in [6.45, 7) is -1.26. The van der Waals surface area contributed by atoms with Crippen LogP contribution in [0.4, 0.5) is 22.0 Å². The SMILES string of the molecule is CNCC(F)(F)COC(C)C(F)(F)F. The number of hydrogen-bond acceptors (Lipinski definition) is 2. The van der Waals surface area contributed by atoms with Crippen molar-refractivity contribution < 1.29 is 26.7 Å². The van der Waals surface area contributed by atoms with E-state index in [1.807, 2.05) is 0 Å². The first kappa shape index (κ1) is 13.6. The minimum Gasteiger partial charge on any atom is -0.363 e. The van der Waals surface area contributed by atoms with Crippen LogP contribution >= 0.6 is 0 Å². The lowest BCUT2D eigenvalue weighted by Gasteiger charge is -2.21. The van der Waals surface area contributed by atoms with Crippen LogP contribution in [-0.2, 0) is 4.74 Å². The molecule has 1 N–H and O–H groups in total. The summed E-state index contributed by atoms with van der Waals surface area (Å²) in [5.74, 6) is -3.28. The molecule has 0 rings (SSSR count). The third-order valence-corrected chi connectivity index (χ3v) is 1.44. The summed E-state index contributed by atoms with van der Waals surface area (Å²) in [5.41, 5.74) is 0. The van der Waals surface area contributed by atoms with Gasteiger partial charge in [-0.15, -0.1) is 0 Å². The van der Waals surface area contributed by atoms with Crippen LogP contribution in [0.1, 0.15) is 6.92 Å². The van der Waals surface area contributed by atoms with E-state index >= 15 is 0 Å². The number of nitrogens with one attached hydrogen (secondary N) is 1. The minimum absolute atomic E-state index is 0.690. The van der Waals surface area contributed by atoms with Crippen molar-refractivity contribution in [1.29, 1.82) is 0 Å². The molecule has 1 unspecified atom stereocenters. The van der Waals surface area contributed by atoms with Gasteiger partial charge in [0.1, 0.15) is 6.61 Å². The van der Waals surface area contributed by atoms with Gasteiger partial charge in [-0.25, -0.2) is 8.78 Å². The lowest BCUT2D eigenvalue weighted by Crippen LogP contribution is -2.39. The second kappa shape index (κ2) is 4.88. The van der Waals surface area contributed by atoms with Crippen LogP contribution in [0.2, 0.25) is 0 Å². The van der Waals surface area contributed by atoms with E-state index in [1.54, 1.807) is 0 Å². The maximum Gasteiger partial charge on any atom is 0.414 e. The third kappa shape index (κ3) is 5.33. The van der Waals surface area contributed by atoms with Gasteiger partial charge in [0.15, 0.2) is 6.10 Å². The molecule has 86 valence electrons. The first-order chi connectivity index (χ1) is 6.19. The summed E-state index contributed by atoms with van der Waals surface area (Å²) in [6.07, 6.45) is -6.78. The summed E-state index contributed by atoms with van der Waals surface area (Å²) in [5, 5.41) is 2.16. The van der Waals surface area contributed by atoms with Gasteiger partial charge in [-0.05, 0) is 14.0 Å². The Morgan fingerprint density at radius 3 is 2.07 bits per heavy atom. The number of alkyl halides is 5. The average Bonchev–Trinajstić information content (AvgIpc) is 1.98. The normalized spacial score (nSPS) is 15.6. The Balaban J connectivity index is 3.93. The highest BCUT2D eigenvalue weighted by Crippen LogP contribution is 2.24. The zero-order valence-corrected chi connectivity index (χ0v) is 7.79. The molecule has 7 heteroatoms. The van der Waals surface area contributed by atoms with E-state index in [4.69, 9.17) is 0 Å². The number of rotatable bonds is 5. The second-order valence-corrected chi connectivity index (χ2v) is 2.88. The first-order valence-electron chi connectivity index (χ1n) is 3.90. The molecule has 0 aromatic carbocycles. The fourth-order valence-electron chi connectivity index (χ4n) is 0.651. The van der Waals surface area contributed by atoms with Gasteiger partial charge < -0.3 is 10.1 Å². The fraction of sp³-hybridized carbons (Fsp3) is 1.00. The van der Waals surface area contributed by atoms with Crippen molar-refractivity contribution in [2.75, 3.05) is 20.2 Å². The van der Waals surface area contributed by atoms with Gasteiger partial charge in [0, 0.05) is 0 Å². The zero-order chi connectivity index (χ0) is 11.4. The lowest BCUT2D eigenvalue weighted by atomic mass is 10.3. The van der Waals surface area contributed by atoms with Crippen molar-refractivity contribution in [3.8, 4) is 0 Å². The van der Waals surface area contributed by atoms with Crippen molar-refractivity contribution in [2.24, 2.45) is 0 Å². The Labute approximate surface area is 78.4 Å². The zero-order valence-electron chi connectivity index (χ0n) is 7.79. The molecule has 0 heterocycles. The van der Waals surface area contributed by atoms with Crippen molar-refractivity contribution in [2.45, 2.75) is 25.1 Å². The Morgan fingerprint density at radius 2 is 1.71 bits per heavy atom. The molecule has 0 aliphatic rings. The van der Waals surface area contributed by atoms with E-state index < -0.39 is 31.4 Å². The second-order valence-electron chi connectivity index (χ2n) is 2.88. The van der Waals surface area contributed by atoms with Crippen LogP contribution < -0.4 is 5.32 Å². The van der Waals surface area contributed by atoms with E-state index in [0.29, 0.717) is 6.92 Å². The molecule has 0 saturated heterocycles. The molecular weight excluding hydrogens is 209 g/mol. The molecule has 14 heavy (non-hydrogen) atoms. The maximum absolute atomic E-state index is 12.6. The minimum atomic E-state index is -4.60. The first-order valence-corrected chi connectivity index (χ1v) is 3.90. The van der Waals surface area contributed by atoms with Gasteiger partial charge in [0.25, 0.3) is 5.92 Å². The van der Waals surface area contributed by atoms with Crippen LogP contribution in [0, 0.1) is 0 Å². The van der Waals surface area contributed by atoms with Gasteiger partial charge in [0.2, 0.25) is 0 Å². The van der Waals surface area contributed by atoms with E-state index in [2.05, 4.69) is 10.1 Å². The largest absolute Gasteiger partial charge is 0.414 e. The van der Waals surface area contributed by atoms with Crippen LogP contribution in [-0.4, -0.2) is 38.4 Å². The molecule has 0 saturated carbocycles. The van der Waals surface area contributed by atoms with Crippen LogP contribution in [0.3, 0.4) is 0 Å². The van der Waals surface area contributed by atoms with Gasteiger partial charge in [-0.3, -0.25) is 0 Å². The fourth-order valence-corrected chi connectivity index (χ4v) is 0.651. The summed E-state index contributed by atoms with van der Waals surface area (Å²) >= 11 is 0. The molecule has 0 fully saturated rings. The third-order valence-electron chi connectivity index (χ3n) is 1.44. The molecule has 0 amide bonds. The highest BCUT2D eigenvalue weighted by molar-refractivity contribution is 4.70. The monoisotopic (exact) mass is 221 g/mol. The number of ether oxygens (including phenoxy) is 1. The highest BCUT2D eigenvalue weighted by Gasteiger charge is 2.39. The summed E-state index contributed by atoms with van der Waals surface area (Å²) in [6, 6.07) is 0. The molecule has 0 aromatic heterocycles. The van der Waals surface area contributed by atoms with E-state index in [9.17, 15) is 22.0 Å². The van der Waals surface area contributed by atoms with Crippen molar-refractivity contribution in [3.05, 3.63) is 0 Å². The van der Waals surface area contributed by atoms with Gasteiger partial charge in [-0.2, -0.15) is 13.2 Å². The van der Waals surface area contributed by atoms with E-state index in [1.165, 1.54) is 7.05 Å². The molecule has 0 bridgehead atoms. The molecule has 0 aromatic rings. The topological polar surface area (TPSA) is 21.3 Å². The Bertz CT molecular complexity index is 170. The summed E-state index contributed by atoms with van der Waals surface area (Å²) < 4.78 is 64.7. The number of halogens is 5. The smallest absolute Gasteiger partial charge is 0.363 e. The maximum atomic E-state index is 12.6. The van der Waals surface area contributed by atoms with Crippen LogP contribution in [0.25, 0.3) is 0 Å². The molecule has 0 radical (unpaired) electrons. The molecule has 0 aliphatic heterocycles. The van der Waals surface area contributed by atoms with Crippen molar-refractivity contribution in [1.82, 2.24) is 5.32 Å². The Kier molecular flexibility index (Phi) is 4.73. The Morgan fingerprint density at radius 1 is 1.21 bits per heavy atom. The molecule has 0 spiro atoms. The summed E-state index contributed by atoms with van der Waals surface area (Å²) in [4.78, 5) is 0.